The molecule has 0 radical (unpaired) electrons. The second-order valence-corrected chi connectivity index (χ2v) is 8.00. The molecular weight excluding hydrogens is 341 g/mol. The molecular formula is C19H20FNO3S. The summed E-state index contributed by atoms with van der Waals surface area (Å²) in [5.74, 6) is -1.62. The molecule has 1 aliphatic carbocycles. The number of carboxylic acids is 1. The third kappa shape index (κ3) is 4.51. The fourth-order valence-electron chi connectivity index (χ4n) is 2.70. The summed E-state index contributed by atoms with van der Waals surface area (Å²) >= 11 is 1.66. The standard InChI is InChI=1S/C19H20FNO3S/c1-11(2)25-18-5-3-4-13(21-18)10-24-17-7-6-12(8-16(17)20)14-9-15(14)19(22)23/h3-8,11,14-15H,9-10H2,1-2H3,(H,22,23). The molecule has 132 valence electrons. The smallest absolute Gasteiger partial charge is 0.307 e. The van der Waals surface area contributed by atoms with Crippen molar-refractivity contribution in [3.63, 3.8) is 0 Å². The van der Waals surface area contributed by atoms with Crippen molar-refractivity contribution in [2.45, 2.75) is 43.1 Å². The number of pyridine rings is 1. The van der Waals surface area contributed by atoms with Crippen LogP contribution < -0.4 is 4.74 Å². The Kier molecular flexibility index (Phi) is 5.27. The van der Waals surface area contributed by atoms with Gasteiger partial charge in [-0.1, -0.05) is 26.0 Å². The average molecular weight is 361 g/mol. The Balaban J connectivity index is 1.63. The lowest BCUT2D eigenvalue weighted by atomic mass is 10.1. The first-order valence-electron chi connectivity index (χ1n) is 8.21. The Labute approximate surface area is 150 Å². The van der Waals surface area contributed by atoms with Gasteiger partial charge in [-0.25, -0.2) is 9.37 Å². The Morgan fingerprint density at radius 3 is 2.84 bits per heavy atom. The average Bonchev–Trinajstić information content (AvgIpc) is 3.34. The third-order valence-electron chi connectivity index (χ3n) is 4.00. The number of halogens is 1. The molecule has 6 heteroatoms. The zero-order valence-corrected chi connectivity index (χ0v) is 14.9. The normalized spacial score (nSPS) is 19.0. The van der Waals surface area contributed by atoms with Crippen molar-refractivity contribution in [1.29, 1.82) is 0 Å². The fraction of sp³-hybridized carbons (Fsp3) is 0.368. The van der Waals surface area contributed by atoms with Crippen LogP contribution in [0.1, 0.15) is 37.4 Å². The number of carboxylic acid groups (broad SMARTS) is 1. The summed E-state index contributed by atoms with van der Waals surface area (Å²) in [6.45, 7) is 4.38. The molecule has 2 atom stereocenters. The van der Waals surface area contributed by atoms with Crippen LogP contribution in [0, 0.1) is 11.7 Å². The van der Waals surface area contributed by atoms with E-state index >= 15 is 0 Å². The quantitative estimate of drug-likeness (QED) is 0.737. The number of nitrogens with zero attached hydrogens (tertiary/aromatic N) is 1. The maximum Gasteiger partial charge on any atom is 0.307 e. The van der Waals surface area contributed by atoms with Gasteiger partial charge in [-0.15, -0.1) is 11.8 Å². The van der Waals surface area contributed by atoms with Crippen molar-refractivity contribution in [1.82, 2.24) is 4.98 Å². The predicted molar refractivity (Wildman–Crippen MR) is 94.4 cm³/mol. The molecule has 3 rings (SSSR count). The number of hydrogen-bond acceptors (Lipinski definition) is 4. The summed E-state index contributed by atoms with van der Waals surface area (Å²) in [5.41, 5.74) is 1.45. The first-order valence-corrected chi connectivity index (χ1v) is 9.09. The molecule has 1 N–H and O–H groups in total. The van der Waals surface area contributed by atoms with E-state index in [4.69, 9.17) is 9.84 Å². The van der Waals surface area contributed by atoms with Crippen LogP contribution in [0.15, 0.2) is 41.4 Å². The van der Waals surface area contributed by atoms with Crippen LogP contribution in [0.25, 0.3) is 0 Å². The lowest BCUT2D eigenvalue weighted by molar-refractivity contribution is -0.138. The second-order valence-electron chi connectivity index (χ2n) is 6.40. The van der Waals surface area contributed by atoms with Crippen molar-refractivity contribution in [3.05, 3.63) is 53.5 Å². The van der Waals surface area contributed by atoms with Crippen LogP contribution in [0.5, 0.6) is 5.75 Å². The summed E-state index contributed by atoms with van der Waals surface area (Å²) in [6.07, 6.45) is 0.569. The highest BCUT2D eigenvalue weighted by Gasteiger charge is 2.44. The van der Waals surface area contributed by atoms with Gasteiger partial charge in [0, 0.05) is 5.25 Å². The Hall–Kier alpha value is -2.08. The van der Waals surface area contributed by atoms with E-state index in [1.807, 2.05) is 18.2 Å². The number of hydrogen-bond donors (Lipinski definition) is 1. The summed E-state index contributed by atoms with van der Waals surface area (Å²) in [7, 11) is 0. The third-order valence-corrected chi connectivity index (χ3v) is 4.95. The zero-order valence-electron chi connectivity index (χ0n) is 14.1. The molecule has 4 nitrogen and oxygen atoms in total. The van der Waals surface area contributed by atoms with E-state index in [0.717, 1.165) is 10.7 Å². The molecule has 1 saturated carbocycles. The molecule has 0 amide bonds. The molecule has 0 saturated heterocycles. The molecule has 1 fully saturated rings. The minimum Gasteiger partial charge on any atom is -0.484 e. The number of thioether (sulfide) groups is 1. The highest BCUT2D eigenvalue weighted by Crippen LogP contribution is 2.48. The summed E-state index contributed by atoms with van der Waals surface area (Å²) in [6, 6.07) is 10.4. The highest BCUT2D eigenvalue weighted by molar-refractivity contribution is 7.99. The van der Waals surface area contributed by atoms with Crippen molar-refractivity contribution in [2.24, 2.45) is 5.92 Å². The van der Waals surface area contributed by atoms with Crippen LogP contribution in [-0.2, 0) is 11.4 Å². The van der Waals surface area contributed by atoms with Gasteiger partial charge in [0.25, 0.3) is 0 Å². The lowest BCUT2D eigenvalue weighted by Gasteiger charge is -2.10. The van der Waals surface area contributed by atoms with Crippen molar-refractivity contribution >= 4 is 17.7 Å². The first kappa shape index (κ1) is 17.7. The molecule has 2 aromatic rings. The number of ether oxygens (including phenoxy) is 1. The van der Waals surface area contributed by atoms with E-state index in [2.05, 4.69) is 18.8 Å². The van der Waals surface area contributed by atoms with Gasteiger partial charge in [-0.3, -0.25) is 4.79 Å². The Morgan fingerprint density at radius 1 is 1.40 bits per heavy atom. The van der Waals surface area contributed by atoms with E-state index in [1.54, 1.807) is 23.9 Å². The van der Waals surface area contributed by atoms with Gasteiger partial charge < -0.3 is 9.84 Å². The zero-order chi connectivity index (χ0) is 18.0. The number of benzene rings is 1. The molecule has 1 aromatic heterocycles. The van der Waals surface area contributed by atoms with Crippen LogP contribution in [0.2, 0.25) is 0 Å². The Bertz CT molecular complexity index is 781. The number of rotatable bonds is 7. The van der Waals surface area contributed by atoms with E-state index in [-0.39, 0.29) is 18.3 Å². The molecule has 1 aromatic carbocycles. The predicted octanol–water partition coefficient (Wildman–Crippen LogP) is 4.49. The molecule has 0 aliphatic heterocycles. The molecule has 0 spiro atoms. The van der Waals surface area contributed by atoms with Crippen LogP contribution >= 0.6 is 11.8 Å². The maximum atomic E-state index is 14.2. The van der Waals surface area contributed by atoms with E-state index in [1.165, 1.54) is 6.07 Å². The van der Waals surface area contributed by atoms with Crippen LogP contribution in [0.3, 0.4) is 0 Å². The van der Waals surface area contributed by atoms with Gasteiger partial charge in [0.15, 0.2) is 11.6 Å². The molecule has 2 unspecified atom stereocenters. The summed E-state index contributed by atoms with van der Waals surface area (Å²) < 4.78 is 19.8. The van der Waals surface area contributed by atoms with E-state index in [0.29, 0.717) is 17.2 Å². The first-order chi connectivity index (χ1) is 11.9. The molecule has 1 heterocycles. The SMILES string of the molecule is CC(C)Sc1cccc(COc2ccc(C3CC3C(=O)O)cc2F)n1. The van der Waals surface area contributed by atoms with Gasteiger partial charge in [0.1, 0.15) is 6.61 Å². The van der Waals surface area contributed by atoms with Crippen molar-refractivity contribution in [2.75, 3.05) is 0 Å². The minimum absolute atomic E-state index is 0.0903. The van der Waals surface area contributed by atoms with Gasteiger partial charge in [-0.05, 0) is 42.2 Å². The van der Waals surface area contributed by atoms with E-state index in [9.17, 15) is 9.18 Å². The molecule has 1 aliphatic rings. The largest absolute Gasteiger partial charge is 0.484 e. The number of aromatic nitrogens is 1. The summed E-state index contributed by atoms with van der Waals surface area (Å²) in [4.78, 5) is 15.4. The monoisotopic (exact) mass is 361 g/mol. The van der Waals surface area contributed by atoms with Gasteiger partial charge in [0.2, 0.25) is 0 Å². The number of aliphatic carboxylic acids is 1. The summed E-state index contributed by atoms with van der Waals surface area (Å²) in [5, 5.41) is 10.3. The van der Waals surface area contributed by atoms with Gasteiger partial charge in [-0.2, -0.15) is 0 Å². The van der Waals surface area contributed by atoms with Crippen LogP contribution in [0.4, 0.5) is 4.39 Å². The Morgan fingerprint density at radius 2 is 2.20 bits per heavy atom. The van der Waals surface area contributed by atoms with E-state index < -0.39 is 17.7 Å². The van der Waals surface area contributed by atoms with Gasteiger partial charge >= 0.3 is 5.97 Å². The minimum atomic E-state index is -0.823. The second kappa shape index (κ2) is 7.44. The fourth-order valence-corrected chi connectivity index (χ4v) is 3.51. The maximum absolute atomic E-state index is 14.2. The highest BCUT2D eigenvalue weighted by atomic mass is 32.2. The topological polar surface area (TPSA) is 59.4 Å². The lowest BCUT2D eigenvalue weighted by Crippen LogP contribution is -2.02. The van der Waals surface area contributed by atoms with Crippen molar-refractivity contribution < 1.29 is 19.0 Å². The molecule has 25 heavy (non-hydrogen) atoms. The van der Waals surface area contributed by atoms with Crippen molar-refractivity contribution in [3.8, 4) is 5.75 Å². The number of carbonyl (C=O) groups is 1. The van der Waals surface area contributed by atoms with Crippen LogP contribution in [-0.4, -0.2) is 21.3 Å². The molecule has 0 bridgehead atoms. The van der Waals surface area contributed by atoms with Gasteiger partial charge in [0.05, 0.1) is 16.6 Å².